The molecule has 1 atom stereocenters. The lowest BCUT2D eigenvalue weighted by Gasteiger charge is -2.59. The van der Waals surface area contributed by atoms with Gasteiger partial charge in [0.25, 0.3) is 5.91 Å². The molecule has 0 aliphatic heterocycles. The zero-order valence-corrected chi connectivity index (χ0v) is 20.4. The van der Waals surface area contributed by atoms with Gasteiger partial charge in [0.15, 0.2) is 11.5 Å². The molecule has 5 nitrogen and oxygen atoms in total. The summed E-state index contributed by atoms with van der Waals surface area (Å²) in [5.41, 5.74) is 0.905. The highest BCUT2D eigenvalue weighted by Crippen LogP contribution is 2.61. The number of amides is 1. The van der Waals surface area contributed by atoms with Crippen LogP contribution in [-0.2, 0) is 0 Å². The molecule has 2 aromatic rings. The van der Waals surface area contributed by atoms with Crippen LogP contribution in [0.5, 0.6) is 17.2 Å². The van der Waals surface area contributed by atoms with E-state index in [4.69, 9.17) is 14.2 Å². The van der Waals surface area contributed by atoms with Crippen molar-refractivity contribution in [1.29, 1.82) is 0 Å². The van der Waals surface area contributed by atoms with E-state index in [-0.39, 0.29) is 17.4 Å². The molecular formula is C29H37NO4. The normalized spacial score (nSPS) is 27.8. The van der Waals surface area contributed by atoms with Gasteiger partial charge < -0.3 is 19.5 Å². The first-order chi connectivity index (χ1) is 16.5. The third-order valence-corrected chi connectivity index (χ3v) is 8.21. The SMILES string of the molecule is CCOc1cc(C(=O)N[C@H](C)C23CC4CC(CC(C4)C2)C3)ccc1OCCOc1ccccc1. The Labute approximate surface area is 203 Å². The molecule has 34 heavy (non-hydrogen) atoms. The molecular weight excluding hydrogens is 426 g/mol. The number of carbonyl (C=O) groups is 1. The van der Waals surface area contributed by atoms with Crippen molar-refractivity contribution in [3.63, 3.8) is 0 Å². The van der Waals surface area contributed by atoms with Crippen molar-refractivity contribution in [2.75, 3.05) is 19.8 Å². The molecule has 0 radical (unpaired) electrons. The monoisotopic (exact) mass is 463 g/mol. The summed E-state index contributed by atoms with van der Waals surface area (Å²) in [6.07, 6.45) is 8.08. The van der Waals surface area contributed by atoms with E-state index < -0.39 is 0 Å². The Balaban J connectivity index is 1.20. The van der Waals surface area contributed by atoms with Crippen molar-refractivity contribution >= 4 is 5.91 Å². The first-order valence-corrected chi connectivity index (χ1v) is 12.9. The Bertz CT molecular complexity index is 954. The molecule has 0 unspecified atom stereocenters. The molecule has 4 saturated carbocycles. The Hall–Kier alpha value is -2.69. The van der Waals surface area contributed by atoms with E-state index in [1.165, 1.54) is 38.5 Å². The van der Waals surface area contributed by atoms with E-state index in [0.29, 0.717) is 36.9 Å². The van der Waals surface area contributed by atoms with Crippen LogP contribution in [0.4, 0.5) is 0 Å². The minimum Gasteiger partial charge on any atom is -0.490 e. The van der Waals surface area contributed by atoms with Gasteiger partial charge in [-0.2, -0.15) is 0 Å². The van der Waals surface area contributed by atoms with Crippen LogP contribution in [0.25, 0.3) is 0 Å². The minimum atomic E-state index is -0.0249. The van der Waals surface area contributed by atoms with Crippen LogP contribution in [0.2, 0.25) is 0 Å². The minimum absolute atomic E-state index is 0.0249. The Morgan fingerprint density at radius 3 is 2.21 bits per heavy atom. The van der Waals surface area contributed by atoms with Gasteiger partial charge in [0.1, 0.15) is 19.0 Å². The summed E-state index contributed by atoms with van der Waals surface area (Å²) < 4.78 is 17.4. The molecule has 0 saturated heterocycles. The molecule has 4 aliphatic carbocycles. The van der Waals surface area contributed by atoms with Crippen LogP contribution in [-0.4, -0.2) is 31.8 Å². The topological polar surface area (TPSA) is 56.8 Å². The first-order valence-electron chi connectivity index (χ1n) is 12.9. The molecule has 1 N–H and O–H groups in total. The van der Waals surface area contributed by atoms with E-state index in [1.54, 1.807) is 6.07 Å². The van der Waals surface area contributed by atoms with E-state index in [2.05, 4.69) is 12.2 Å². The molecule has 0 spiro atoms. The fourth-order valence-corrected chi connectivity index (χ4v) is 7.01. The van der Waals surface area contributed by atoms with Gasteiger partial charge in [-0.15, -0.1) is 0 Å². The summed E-state index contributed by atoms with van der Waals surface area (Å²) in [6, 6.07) is 15.3. The van der Waals surface area contributed by atoms with E-state index in [0.717, 1.165) is 23.5 Å². The van der Waals surface area contributed by atoms with Gasteiger partial charge in [-0.1, -0.05) is 18.2 Å². The number of hydrogen-bond donors (Lipinski definition) is 1. The molecule has 0 aromatic heterocycles. The largest absolute Gasteiger partial charge is 0.490 e. The molecule has 1 amide bonds. The quantitative estimate of drug-likeness (QED) is 0.447. The van der Waals surface area contributed by atoms with Gasteiger partial charge in [-0.25, -0.2) is 0 Å². The predicted octanol–water partition coefficient (Wildman–Crippen LogP) is 5.88. The molecule has 6 rings (SSSR count). The number of carbonyl (C=O) groups excluding carboxylic acids is 1. The van der Waals surface area contributed by atoms with E-state index >= 15 is 0 Å². The second-order valence-corrected chi connectivity index (χ2v) is 10.6. The summed E-state index contributed by atoms with van der Waals surface area (Å²) in [5.74, 6) is 4.63. The van der Waals surface area contributed by atoms with Crippen molar-refractivity contribution < 1.29 is 19.0 Å². The van der Waals surface area contributed by atoms with Gasteiger partial charge >= 0.3 is 0 Å². The molecule has 5 heteroatoms. The maximum absolute atomic E-state index is 13.2. The average Bonchev–Trinajstić information content (AvgIpc) is 2.82. The number of para-hydroxylation sites is 1. The van der Waals surface area contributed by atoms with Crippen molar-refractivity contribution in [3.05, 3.63) is 54.1 Å². The number of hydrogen-bond acceptors (Lipinski definition) is 4. The zero-order chi connectivity index (χ0) is 23.5. The second-order valence-electron chi connectivity index (χ2n) is 10.6. The highest BCUT2D eigenvalue weighted by molar-refractivity contribution is 5.95. The maximum Gasteiger partial charge on any atom is 0.251 e. The Morgan fingerprint density at radius 2 is 1.56 bits per heavy atom. The lowest BCUT2D eigenvalue weighted by atomic mass is 9.48. The smallest absolute Gasteiger partial charge is 0.251 e. The van der Waals surface area contributed by atoms with Crippen molar-refractivity contribution in [2.45, 2.75) is 58.4 Å². The Kier molecular flexibility index (Phi) is 6.71. The van der Waals surface area contributed by atoms with Crippen molar-refractivity contribution in [2.24, 2.45) is 23.2 Å². The number of rotatable bonds is 10. The standard InChI is InChI=1S/C29H37NO4/c1-3-32-27-16-24(9-10-26(27)34-12-11-33-25-7-5-4-6-8-25)28(31)30-20(2)29-17-21-13-22(18-29)15-23(14-21)19-29/h4-10,16,20-23H,3,11-15,17-19H2,1-2H3,(H,30,31)/t20-,21?,22?,23?,29?/m1/s1. The van der Waals surface area contributed by atoms with Gasteiger partial charge in [-0.05, 0) is 106 Å². The summed E-state index contributed by atoms with van der Waals surface area (Å²) in [7, 11) is 0. The summed E-state index contributed by atoms with van der Waals surface area (Å²) >= 11 is 0. The number of benzene rings is 2. The van der Waals surface area contributed by atoms with Gasteiger partial charge in [0, 0.05) is 11.6 Å². The van der Waals surface area contributed by atoms with Crippen LogP contribution < -0.4 is 19.5 Å². The summed E-state index contributed by atoms with van der Waals surface area (Å²) in [4.78, 5) is 13.2. The molecule has 182 valence electrons. The third-order valence-electron chi connectivity index (χ3n) is 8.21. The maximum atomic E-state index is 13.2. The van der Waals surface area contributed by atoms with Gasteiger partial charge in [-0.3, -0.25) is 4.79 Å². The fourth-order valence-electron chi connectivity index (χ4n) is 7.01. The fraction of sp³-hybridized carbons (Fsp3) is 0.552. The van der Waals surface area contributed by atoms with Crippen LogP contribution >= 0.6 is 0 Å². The highest BCUT2D eigenvalue weighted by Gasteiger charge is 2.53. The third kappa shape index (κ3) is 4.89. The Morgan fingerprint density at radius 1 is 0.912 bits per heavy atom. The molecule has 2 aromatic carbocycles. The van der Waals surface area contributed by atoms with Crippen LogP contribution in [0.1, 0.15) is 62.7 Å². The predicted molar refractivity (Wildman–Crippen MR) is 133 cm³/mol. The second kappa shape index (κ2) is 9.89. The van der Waals surface area contributed by atoms with Crippen molar-refractivity contribution in [3.8, 4) is 17.2 Å². The number of nitrogens with one attached hydrogen (secondary N) is 1. The summed E-state index contributed by atoms with van der Waals surface area (Å²) in [5, 5.41) is 3.36. The van der Waals surface area contributed by atoms with Crippen LogP contribution in [0.15, 0.2) is 48.5 Å². The van der Waals surface area contributed by atoms with Crippen LogP contribution in [0.3, 0.4) is 0 Å². The number of ether oxygens (including phenoxy) is 3. The molecule has 4 fully saturated rings. The first kappa shape index (κ1) is 23.1. The van der Waals surface area contributed by atoms with E-state index in [1.807, 2.05) is 49.4 Å². The lowest BCUT2D eigenvalue weighted by molar-refractivity contribution is -0.0688. The molecule has 0 heterocycles. The summed E-state index contributed by atoms with van der Waals surface area (Å²) in [6.45, 7) is 5.48. The molecule has 4 bridgehead atoms. The lowest BCUT2D eigenvalue weighted by Crippen LogP contribution is -2.55. The zero-order valence-electron chi connectivity index (χ0n) is 20.4. The molecule has 4 aliphatic rings. The van der Waals surface area contributed by atoms with Crippen LogP contribution in [0, 0.1) is 23.2 Å². The van der Waals surface area contributed by atoms with Crippen molar-refractivity contribution in [1.82, 2.24) is 5.32 Å². The highest BCUT2D eigenvalue weighted by atomic mass is 16.5. The van der Waals surface area contributed by atoms with Gasteiger partial charge in [0.2, 0.25) is 0 Å². The van der Waals surface area contributed by atoms with E-state index in [9.17, 15) is 4.79 Å². The van der Waals surface area contributed by atoms with Gasteiger partial charge in [0.05, 0.1) is 6.61 Å². The average molecular weight is 464 g/mol.